The van der Waals surface area contributed by atoms with Gasteiger partial charge in [0.05, 0.1) is 10.7 Å². The molecule has 15 heavy (non-hydrogen) atoms. The van der Waals surface area contributed by atoms with E-state index in [0.717, 1.165) is 0 Å². The van der Waals surface area contributed by atoms with E-state index in [-0.39, 0.29) is 5.56 Å². The smallest absolute Gasteiger partial charge is 0.264 e. The number of H-pyrrole nitrogens is 1. The standard InChI is InChI=1S/C10H6BrFN2O/c11-8-3-1-2-7(10(8)12)6-4-9(15)14-13-5-6/h1-5H,(H,14,15). The van der Waals surface area contributed by atoms with Crippen LogP contribution in [-0.4, -0.2) is 10.2 Å². The van der Waals surface area contributed by atoms with Gasteiger partial charge in [-0.15, -0.1) is 0 Å². The normalized spacial score (nSPS) is 10.3. The molecule has 0 saturated carbocycles. The second-order valence-corrected chi connectivity index (χ2v) is 3.79. The predicted octanol–water partition coefficient (Wildman–Crippen LogP) is 2.34. The molecule has 0 aliphatic rings. The molecule has 0 aliphatic carbocycles. The fourth-order valence-corrected chi connectivity index (χ4v) is 1.62. The average molecular weight is 269 g/mol. The van der Waals surface area contributed by atoms with Gasteiger partial charge in [-0.05, 0) is 22.0 Å². The van der Waals surface area contributed by atoms with E-state index < -0.39 is 5.82 Å². The van der Waals surface area contributed by atoms with Crippen molar-refractivity contribution in [2.24, 2.45) is 0 Å². The molecule has 1 heterocycles. The summed E-state index contributed by atoms with van der Waals surface area (Å²) in [6.07, 6.45) is 1.41. The van der Waals surface area contributed by atoms with Crippen molar-refractivity contribution in [2.45, 2.75) is 0 Å². The molecule has 0 aliphatic heterocycles. The molecule has 3 nitrogen and oxygen atoms in total. The first-order chi connectivity index (χ1) is 7.18. The lowest BCUT2D eigenvalue weighted by atomic mass is 10.1. The summed E-state index contributed by atoms with van der Waals surface area (Å²) in [4.78, 5) is 11.0. The minimum atomic E-state index is -0.398. The van der Waals surface area contributed by atoms with Crippen molar-refractivity contribution in [1.82, 2.24) is 10.2 Å². The fraction of sp³-hybridized carbons (Fsp3) is 0. The molecule has 1 aromatic carbocycles. The summed E-state index contributed by atoms with van der Waals surface area (Å²) in [6, 6.07) is 6.19. The van der Waals surface area contributed by atoms with Crippen LogP contribution in [-0.2, 0) is 0 Å². The lowest BCUT2D eigenvalue weighted by Crippen LogP contribution is -2.05. The van der Waals surface area contributed by atoms with E-state index in [4.69, 9.17) is 0 Å². The van der Waals surface area contributed by atoms with E-state index in [0.29, 0.717) is 15.6 Å². The Morgan fingerprint density at radius 3 is 2.93 bits per heavy atom. The molecule has 2 rings (SSSR count). The van der Waals surface area contributed by atoms with Crippen LogP contribution in [0.15, 0.2) is 39.7 Å². The molecular formula is C10H6BrFN2O. The molecule has 0 radical (unpaired) electrons. The molecule has 1 N–H and O–H groups in total. The third-order valence-corrected chi connectivity index (χ3v) is 2.54. The molecular weight excluding hydrogens is 263 g/mol. The lowest BCUT2D eigenvalue weighted by Gasteiger charge is -2.03. The van der Waals surface area contributed by atoms with Crippen molar-refractivity contribution >= 4 is 15.9 Å². The molecule has 0 bridgehead atoms. The van der Waals surface area contributed by atoms with Gasteiger partial charge in [0.15, 0.2) is 0 Å². The Bertz CT molecular complexity index is 553. The Morgan fingerprint density at radius 1 is 1.40 bits per heavy atom. The highest BCUT2D eigenvalue weighted by Crippen LogP contribution is 2.26. The van der Waals surface area contributed by atoms with Crippen LogP contribution >= 0.6 is 15.9 Å². The molecule has 0 fully saturated rings. The zero-order chi connectivity index (χ0) is 10.8. The number of benzene rings is 1. The summed E-state index contributed by atoms with van der Waals surface area (Å²) in [7, 11) is 0. The second-order valence-electron chi connectivity index (χ2n) is 2.94. The number of hydrogen-bond acceptors (Lipinski definition) is 2. The van der Waals surface area contributed by atoms with Crippen LogP contribution in [0.25, 0.3) is 11.1 Å². The van der Waals surface area contributed by atoms with E-state index in [1.54, 1.807) is 18.2 Å². The van der Waals surface area contributed by atoms with Crippen LogP contribution < -0.4 is 5.56 Å². The number of nitrogens with one attached hydrogen (secondary N) is 1. The van der Waals surface area contributed by atoms with Gasteiger partial charge >= 0.3 is 0 Å². The van der Waals surface area contributed by atoms with Gasteiger partial charge in [0.25, 0.3) is 5.56 Å². The van der Waals surface area contributed by atoms with Gasteiger partial charge in [-0.1, -0.05) is 12.1 Å². The lowest BCUT2D eigenvalue weighted by molar-refractivity contribution is 0.624. The monoisotopic (exact) mass is 268 g/mol. The van der Waals surface area contributed by atoms with Gasteiger partial charge in [-0.2, -0.15) is 5.10 Å². The molecule has 2 aromatic rings. The quantitative estimate of drug-likeness (QED) is 0.863. The van der Waals surface area contributed by atoms with Gasteiger partial charge < -0.3 is 0 Å². The van der Waals surface area contributed by atoms with Gasteiger partial charge in [-0.25, -0.2) is 9.49 Å². The van der Waals surface area contributed by atoms with Crippen molar-refractivity contribution < 1.29 is 4.39 Å². The number of aromatic nitrogens is 2. The van der Waals surface area contributed by atoms with Crippen LogP contribution in [0.5, 0.6) is 0 Å². The van der Waals surface area contributed by atoms with Gasteiger partial charge in [-0.3, -0.25) is 4.79 Å². The minimum absolute atomic E-state index is 0.350. The molecule has 76 valence electrons. The number of nitrogens with zero attached hydrogens (tertiary/aromatic N) is 1. The molecule has 0 saturated heterocycles. The molecule has 0 unspecified atom stereocenters. The molecule has 1 aromatic heterocycles. The Hall–Kier alpha value is -1.49. The van der Waals surface area contributed by atoms with Crippen molar-refractivity contribution in [3.05, 3.63) is 51.1 Å². The van der Waals surface area contributed by atoms with E-state index >= 15 is 0 Å². The Balaban J connectivity index is 2.64. The maximum absolute atomic E-state index is 13.6. The highest BCUT2D eigenvalue weighted by atomic mass is 79.9. The second kappa shape index (κ2) is 3.94. The zero-order valence-corrected chi connectivity index (χ0v) is 9.08. The first kappa shape index (κ1) is 10.0. The third-order valence-electron chi connectivity index (χ3n) is 1.93. The Kier molecular flexibility index (Phi) is 2.64. The van der Waals surface area contributed by atoms with E-state index in [9.17, 15) is 9.18 Å². The zero-order valence-electron chi connectivity index (χ0n) is 7.50. The molecule has 0 atom stereocenters. The van der Waals surface area contributed by atoms with Crippen molar-refractivity contribution in [1.29, 1.82) is 0 Å². The van der Waals surface area contributed by atoms with E-state index in [1.807, 2.05) is 0 Å². The van der Waals surface area contributed by atoms with Crippen LogP contribution in [0.4, 0.5) is 4.39 Å². The Labute approximate surface area is 93.1 Å². The van der Waals surface area contributed by atoms with Gasteiger partial charge in [0.2, 0.25) is 0 Å². The van der Waals surface area contributed by atoms with E-state index in [1.165, 1.54) is 12.3 Å². The van der Waals surface area contributed by atoms with Crippen molar-refractivity contribution in [2.75, 3.05) is 0 Å². The molecule has 5 heteroatoms. The molecule has 0 spiro atoms. The van der Waals surface area contributed by atoms with Crippen molar-refractivity contribution in [3.63, 3.8) is 0 Å². The SMILES string of the molecule is O=c1cc(-c2cccc(Br)c2F)cn[nH]1. The number of hydrogen-bond donors (Lipinski definition) is 1. The minimum Gasteiger partial charge on any atom is -0.268 e. The number of halogens is 2. The molecule has 0 amide bonds. The van der Waals surface area contributed by atoms with Crippen molar-refractivity contribution in [3.8, 4) is 11.1 Å². The topological polar surface area (TPSA) is 45.8 Å². The summed E-state index contributed by atoms with van der Waals surface area (Å²) < 4.78 is 14.0. The largest absolute Gasteiger partial charge is 0.268 e. The highest BCUT2D eigenvalue weighted by molar-refractivity contribution is 9.10. The van der Waals surface area contributed by atoms with Crippen LogP contribution in [0.1, 0.15) is 0 Å². The third kappa shape index (κ3) is 1.97. The summed E-state index contributed by atoms with van der Waals surface area (Å²) in [6.45, 7) is 0. The Morgan fingerprint density at radius 2 is 2.20 bits per heavy atom. The first-order valence-corrected chi connectivity index (χ1v) is 4.97. The highest BCUT2D eigenvalue weighted by Gasteiger charge is 2.08. The maximum Gasteiger partial charge on any atom is 0.264 e. The summed E-state index contributed by atoms with van der Waals surface area (Å²) >= 11 is 3.08. The summed E-state index contributed by atoms with van der Waals surface area (Å²) in [5, 5.41) is 5.85. The predicted molar refractivity (Wildman–Crippen MR) is 58.0 cm³/mol. The van der Waals surface area contributed by atoms with Crippen LogP contribution in [0.3, 0.4) is 0 Å². The number of rotatable bonds is 1. The number of aromatic amines is 1. The first-order valence-electron chi connectivity index (χ1n) is 4.17. The maximum atomic E-state index is 13.6. The summed E-state index contributed by atoms with van der Waals surface area (Å²) in [5.74, 6) is -0.398. The van der Waals surface area contributed by atoms with Crippen LogP contribution in [0, 0.1) is 5.82 Å². The average Bonchev–Trinajstić information content (AvgIpc) is 2.22. The van der Waals surface area contributed by atoms with Gasteiger partial charge in [0, 0.05) is 17.2 Å². The summed E-state index contributed by atoms with van der Waals surface area (Å²) in [5.41, 5.74) is 0.451. The van der Waals surface area contributed by atoms with Crippen LogP contribution in [0.2, 0.25) is 0 Å². The van der Waals surface area contributed by atoms with E-state index in [2.05, 4.69) is 26.1 Å². The fourth-order valence-electron chi connectivity index (χ4n) is 1.25. The van der Waals surface area contributed by atoms with Gasteiger partial charge in [0.1, 0.15) is 5.82 Å².